The molecule has 0 saturated carbocycles. The number of fused-ring (bicyclic) bond motifs is 2. The normalized spacial score (nSPS) is 14.6. The Hall–Kier alpha value is -2.73. The van der Waals surface area contributed by atoms with E-state index in [0.717, 1.165) is 23.4 Å². The summed E-state index contributed by atoms with van der Waals surface area (Å²) in [5.74, 6) is 0.642. The zero-order valence-electron chi connectivity index (χ0n) is 15.2. The topological polar surface area (TPSA) is 79.2 Å². The summed E-state index contributed by atoms with van der Waals surface area (Å²) >= 11 is 0. The van der Waals surface area contributed by atoms with Crippen molar-refractivity contribution in [2.24, 2.45) is 0 Å². The first-order chi connectivity index (χ1) is 12.4. The number of aryl methyl sites for hydroxylation is 3. The summed E-state index contributed by atoms with van der Waals surface area (Å²) in [6, 6.07) is 3.88. The molecule has 0 radical (unpaired) electrons. The average Bonchev–Trinajstić information content (AvgIpc) is 2.57. The monoisotopic (exact) mass is 351 g/mol. The molecule has 1 aliphatic rings. The Labute approximate surface area is 150 Å². The maximum atomic E-state index is 12.9. The molecule has 3 heterocycles. The molecule has 26 heavy (non-hydrogen) atoms. The van der Waals surface area contributed by atoms with Crippen LogP contribution in [0.4, 0.5) is 0 Å². The van der Waals surface area contributed by atoms with Crippen molar-refractivity contribution in [2.45, 2.75) is 40.3 Å². The second-order valence-electron chi connectivity index (χ2n) is 7.08. The van der Waals surface area contributed by atoms with E-state index in [1.165, 1.54) is 0 Å². The summed E-state index contributed by atoms with van der Waals surface area (Å²) in [5.41, 5.74) is 4.70. The van der Waals surface area contributed by atoms with Gasteiger partial charge in [0.1, 0.15) is 11.4 Å². The highest BCUT2D eigenvalue weighted by Crippen LogP contribution is 2.20. The molecule has 6 nitrogen and oxygen atoms in total. The van der Waals surface area contributed by atoms with E-state index in [1.807, 2.05) is 26.0 Å². The second-order valence-corrected chi connectivity index (χ2v) is 7.08. The Morgan fingerprint density at radius 2 is 2.04 bits per heavy atom. The van der Waals surface area contributed by atoms with Gasteiger partial charge in [-0.15, -0.1) is 0 Å². The van der Waals surface area contributed by atoms with Gasteiger partial charge in [0.25, 0.3) is 5.56 Å². The summed E-state index contributed by atoms with van der Waals surface area (Å²) < 4.78 is 5.73. The molecule has 0 unspecified atom stereocenters. The minimum absolute atomic E-state index is 0.00508. The summed E-state index contributed by atoms with van der Waals surface area (Å²) in [4.78, 5) is 34.4. The van der Waals surface area contributed by atoms with Crippen molar-refractivity contribution < 1.29 is 4.42 Å². The van der Waals surface area contributed by atoms with E-state index in [-0.39, 0.29) is 11.0 Å². The molecule has 0 atom stereocenters. The van der Waals surface area contributed by atoms with Gasteiger partial charge < -0.3 is 9.40 Å². The standard InChI is InChI=1S/C20H21N3O3/c1-11-6-12(2)18-17(7-11)26-10-14(19(18)24)8-23-5-4-16-15(9-23)20(25)22-13(3)21-16/h6-7,10H,4-5,8-9H2,1-3H3,(H,21,22,25). The quantitative estimate of drug-likeness (QED) is 0.767. The zero-order valence-corrected chi connectivity index (χ0v) is 15.2. The molecule has 0 fully saturated rings. The molecule has 1 aliphatic heterocycles. The van der Waals surface area contributed by atoms with E-state index in [1.54, 1.807) is 13.2 Å². The Bertz CT molecular complexity index is 1130. The molecule has 0 aliphatic carbocycles. The van der Waals surface area contributed by atoms with E-state index >= 15 is 0 Å². The third-order valence-electron chi connectivity index (χ3n) is 4.95. The molecular formula is C20H21N3O3. The summed E-state index contributed by atoms with van der Waals surface area (Å²) in [6.07, 6.45) is 2.26. The highest BCUT2D eigenvalue weighted by molar-refractivity contribution is 5.81. The van der Waals surface area contributed by atoms with Crippen LogP contribution >= 0.6 is 0 Å². The van der Waals surface area contributed by atoms with Crippen LogP contribution in [0.15, 0.2) is 32.4 Å². The van der Waals surface area contributed by atoms with Gasteiger partial charge in [-0.2, -0.15) is 0 Å². The number of rotatable bonds is 2. The number of H-pyrrole nitrogens is 1. The lowest BCUT2D eigenvalue weighted by Gasteiger charge is -2.27. The Kier molecular flexibility index (Phi) is 4.00. The van der Waals surface area contributed by atoms with E-state index < -0.39 is 0 Å². The van der Waals surface area contributed by atoms with Gasteiger partial charge in [-0.3, -0.25) is 14.5 Å². The van der Waals surface area contributed by atoms with Crippen molar-refractivity contribution in [2.75, 3.05) is 6.54 Å². The molecule has 0 saturated heterocycles. The highest BCUT2D eigenvalue weighted by Gasteiger charge is 2.22. The molecule has 3 aromatic rings. The minimum Gasteiger partial charge on any atom is -0.464 e. The third kappa shape index (κ3) is 2.86. The van der Waals surface area contributed by atoms with Gasteiger partial charge in [0.15, 0.2) is 5.43 Å². The average molecular weight is 351 g/mol. The third-order valence-corrected chi connectivity index (χ3v) is 4.95. The first-order valence-corrected chi connectivity index (χ1v) is 8.75. The van der Waals surface area contributed by atoms with Gasteiger partial charge >= 0.3 is 0 Å². The van der Waals surface area contributed by atoms with Crippen molar-refractivity contribution in [3.8, 4) is 0 Å². The van der Waals surface area contributed by atoms with Crippen LogP contribution in [0.2, 0.25) is 0 Å². The molecule has 1 N–H and O–H groups in total. The van der Waals surface area contributed by atoms with Crippen LogP contribution in [0.3, 0.4) is 0 Å². The van der Waals surface area contributed by atoms with Crippen LogP contribution in [0, 0.1) is 20.8 Å². The Morgan fingerprint density at radius 1 is 1.23 bits per heavy atom. The van der Waals surface area contributed by atoms with E-state index in [4.69, 9.17) is 4.42 Å². The number of aromatic amines is 1. The van der Waals surface area contributed by atoms with Crippen molar-refractivity contribution in [1.82, 2.24) is 14.9 Å². The lowest BCUT2D eigenvalue weighted by Crippen LogP contribution is -2.36. The fourth-order valence-corrected chi connectivity index (χ4v) is 3.75. The number of aromatic nitrogens is 2. The molecule has 0 spiro atoms. The lowest BCUT2D eigenvalue weighted by atomic mass is 10.0. The number of nitrogens with one attached hydrogen (secondary N) is 1. The predicted octanol–water partition coefficient (Wildman–Crippen LogP) is 2.36. The van der Waals surface area contributed by atoms with Crippen molar-refractivity contribution in [3.05, 3.63) is 72.7 Å². The van der Waals surface area contributed by atoms with Crippen LogP contribution in [0.25, 0.3) is 11.0 Å². The molecule has 0 bridgehead atoms. The molecule has 0 amide bonds. The summed E-state index contributed by atoms with van der Waals surface area (Å²) in [7, 11) is 0. The summed E-state index contributed by atoms with van der Waals surface area (Å²) in [6.45, 7) is 7.41. The van der Waals surface area contributed by atoms with Gasteiger partial charge in [0, 0.05) is 31.6 Å². The smallest absolute Gasteiger partial charge is 0.255 e. The summed E-state index contributed by atoms with van der Waals surface area (Å²) in [5, 5.41) is 0.639. The van der Waals surface area contributed by atoms with Crippen LogP contribution in [0.5, 0.6) is 0 Å². The number of nitrogens with zero attached hydrogens (tertiary/aromatic N) is 2. The van der Waals surface area contributed by atoms with Crippen LogP contribution in [-0.2, 0) is 19.5 Å². The van der Waals surface area contributed by atoms with Gasteiger partial charge in [-0.05, 0) is 38.0 Å². The number of hydrogen-bond donors (Lipinski definition) is 1. The molecule has 2 aromatic heterocycles. The van der Waals surface area contributed by atoms with Gasteiger partial charge in [-0.1, -0.05) is 6.07 Å². The first-order valence-electron chi connectivity index (χ1n) is 8.75. The molecule has 6 heteroatoms. The fourth-order valence-electron chi connectivity index (χ4n) is 3.75. The largest absolute Gasteiger partial charge is 0.464 e. The Morgan fingerprint density at radius 3 is 2.85 bits per heavy atom. The fraction of sp³-hybridized carbons (Fsp3) is 0.350. The second kappa shape index (κ2) is 6.21. The van der Waals surface area contributed by atoms with Crippen LogP contribution in [0.1, 0.15) is 33.8 Å². The van der Waals surface area contributed by atoms with Crippen LogP contribution in [-0.4, -0.2) is 21.4 Å². The van der Waals surface area contributed by atoms with E-state index in [2.05, 4.69) is 14.9 Å². The first kappa shape index (κ1) is 16.7. The van der Waals surface area contributed by atoms with Crippen LogP contribution < -0.4 is 11.0 Å². The molecular weight excluding hydrogens is 330 g/mol. The van der Waals surface area contributed by atoms with Crippen molar-refractivity contribution in [3.63, 3.8) is 0 Å². The highest BCUT2D eigenvalue weighted by atomic mass is 16.3. The lowest BCUT2D eigenvalue weighted by molar-refractivity contribution is 0.239. The zero-order chi connectivity index (χ0) is 18.4. The van der Waals surface area contributed by atoms with E-state index in [0.29, 0.717) is 47.4 Å². The van der Waals surface area contributed by atoms with Crippen molar-refractivity contribution in [1.29, 1.82) is 0 Å². The Balaban J connectivity index is 1.67. The number of hydrogen-bond acceptors (Lipinski definition) is 5. The maximum absolute atomic E-state index is 12.9. The molecule has 4 rings (SSSR count). The predicted molar refractivity (Wildman–Crippen MR) is 99.4 cm³/mol. The molecule has 1 aromatic carbocycles. The van der Waals surface area contributed by atoms with Crippen molar-refractivity contribution >= 4 is 11.0 Å². The number of benzene rings is 1. The van der Waals surface area contributed by atoms with Gasteiger partial charge in [0.2, 0.25) is 0 Å². The minimum atomic E-state index is -0.0888. The SMILES string of the molecule is Cc1cc(C)c2c(=O)c(CN3CCc4nc(C)[nH]c(=O)c4C3)coc2c1. The van der Waals surface area contributed by atoms with Gasteiger partial charge in [-0.25, -0.2) is 4.98 Å². The maximum Gasteiger partial charge on any atom is 0.255 e. The van der Waals surface area contributed by atoms with Gasteiger partial charge in [0.05, 0.1) is 22.9 Å². The van der Waals surface area contributed by atoms with E-state index in [9.17, 15) is 9.59 Å². The molecule has 134 valence electrons.